The van der Waals surface area contributed by atoms with Crippen LogP contribution in [0.4, 0.5) is 11.4 Å². The van der Waals surface area contributed by atoms with Gasteiger partial charge in [-0.1, -0.05) is 82.3 Å². The van der Waals surface area contributed by atoms with Crippen molar-refractivity contribution in [1.29, 1.82) is 0 Å². The zero-order valence-corrected chi connectivity index (χ0v) is 24.6. The molecule has 39 heavy (non-hydrogen) atoms. The van der Waals surface area contributed by atoms with Crippen LogP contribution in [-0.4, -0.2) is 26.2 Å². The Labute approximate surface area is 233 Å². The third kappa shape index (κ3) is 3.13. The van der Waals surface area contributed by atoms with E-state index in [-0.39, 0.29) is 16.4 Å². The Hall–Kier alpha value is -3.33. The summed E-state index contributed by atoms with van der Waals surface area (Å²) in [4.78, 5) is 10.3. The first-order valence-corrected chi connectivity index (χ1v) is 14.6. The minimum atomic E-state index is -0.0441. The van der Waals surface area contributed by atoms with Gasteiger partial charge in [0.2, 0.25) is 0 Å². The van der Waals surface area contributed by atoms with Gasteiger partial charge in [0.05, 0.1) is 10.9 Å². The Balaban J connectivity index is 1.48. The number of likely N-dealkylation sites (N-methyl/N-ethyl adjacent to an activating group) is 2. The van der Waals surface area contributed by atoms with Gasteiger partial charge in [-0.15, -0.1) is 0 Å². The summed E-state index contributed by atoms with van der Waals surface area (Å²) in [6.45, 7) is 12.9. The molecule has 1 spiro atoms. The van der Waals surface area contributed by atoms with E-state index in [4.69, 9.17) is 4.99 Å². The molecule has 3 aromatic rings. The highest BCUT2D eigenvalue weighted by molar-refractivity contribution is 5.71. The first-order valence-electron chi connectivity index (χ1n) is 14.6. The van der Waals surface area contributed by atoms with Crippen molar-refractivity contribution in [3.63, 3.8) is 0 Å². The number of benzene rings is 3. The van der Waals surface area contributed by atoms with Crippen LogP contribution in [0.3, 0.4) is 0 Å². The smallest absolute Gasteiger partial charge is 0.0682 e. The molecule has 7 rings (SSSR count). The molecule has 3 aliphatic heterocycles. The van der Waals surface area contributed by atoms with Gasteiger partial charge in [-0.05, 0) is 71.4 Å². The highest BCUT2D eigenvalue weighted by atomic mass is 15.2. The summed E-state index contributed by atoms with van der Waals surface area (Å²) >= 11 is 0. The summed E-state index contributed by atoms with van der Waals surface area (Å²) in [7, 11) is 4.59. The molecule has 0 aromatic heterocycles. The Morgan fingerprint density at radius 3 is 2.33 bits per heavy atom. The molecule has 0 bridgehead atoms. The quantitative estimate of drug-likeness (QED) is 0.378. The van der Waals surface area contributed by atoms with Crippen LogP contribution in [0.15, 0.2) is 71.4 Å². The molecular formula is C36H41N3. The minimum absolute atomic E-state index is 0.00298. The van der Waals surface area contributed by atoms with Crippen LogP contribution in [0, 0.1) is 6.92 Å². The second-order valence-electron chi connectivity index (χ2n) is 13.4. The number of para-hydroxylation sites is 2. The van der Waals surface area contributed by atoms with Crippen molar-refractivity contribution >= 4 is 17.5 Å². The summed E-state index contributed by atoms with van der Waals surface area (Å²) in [6, 6.07) is 20.5. The van der Waals surface area contributed by atoms with Gasteiger partial charge < -0.3 is 9.80 Å². The van der Waals surface area contributed by atoms with Gasteiger partial charge in [-0.3, -0.25) is 4.99 Å². The number of rotatable bonds is 1. The van der Waals surface area contributed by atoms with Gasteiger partial charge in [0.1, 0.15) is 0 Å². The van der Waals surface area contributed by atoms with Crippen LogP contribution in [0.5, 0.6) is 0 Å². The number of aryl methyl sites for hydroxylation is 1. The van der Waals surface area contributed by atoms with E-state index >= 15 is 0 Å². The van der Waals surface area contributed by atoms with E-state index in [1.165, 1.54) is 55.5 Å². The van der Waals surface area contributed by atoms with Crippen LogP contribution in [0.2, 0.25) is 0 Å². The van der Waals surface area contributed by atoms with Crippen LogP contribution in [0.25, 0.3) is 6.08 Å². The number of anilines is 2. The van der Waals surface area contributed by atoms with Crippen molar-refractivity contribution in [2.75, 3.05) is 30.4 Å². The molecule has 3 nitrogen and oxygen atoms in total. The maximum atomic E-state index is 5.20. The van der Waals surface area contributed by atoms with E-state index in [9.17, 15) is 0 Å². The van der Waals surface area contributed by atoms with E-state index in [2.05, 4.69) is 125 Å². The van der Waals surface area contributed by atoms with Crippen molar-refractivity contribution in [1.82, 2.24) is 0 Å². The molecule has 3 aromatic carbocycles. The fraction of sp³-hybridized carbons (Fsp3) is 0.417. The average Bonchev–Trinajstić information content (AvgIpc) is 3.22. The molecule has 0 fully saturated rings. The second kappa shape index (κ2) is 8.10. The molecule has 0 N–H and O–H groups in total. The molecule has 200 valence electrons. The molecule has 2 atom stereocenters. The van der Waals surface area contributed by atoms with Crippen LogP contribution >= 0.6 is 0 Å². The Morgan fingerprint density at radius 2 is 1.62 bits per heavy atom. The van der Waals surface area contributed by atoms with E-state index in [1.807, 2.05) is 0 Å². The minimum Gasteiger partial charge on any atom is -0.367 e. The summed E-state index contributed by atoms with van der Waals surface area (Å²) in [6.07, 6.45) is 8.21. The maximum absolute atomic E-state index is 5.20. The van der Waals surface area contributed by atoms with Gasteiger partial charge >= 0.3 is 0 Å². The highest BCUT2D eigenvalue weighted by Gasteiger charge is 2.58. The predicted molar refractivity (Wildman–Crippen MR) is 164 cm³/mol. The van der Waals surface area contributed by atoms with Crippen molar-refractivity contribution in [2.45, 2.75) is 76.2 Å². The van der Waals surface area contributed by atoms with Gasteiger partial charge in [0, 0.05) is 54.5 Å². The molecule has 0 radical (unpaired) electrons. The van der Waals surface area contributed by atoms with Crippen molar-refractivity contribution in [3.05, 3.63) is 105 Å². The molecule has 0 amide bonds. The molecule has 3 heteroatoms. The summed E-state index contributed by atoms with van der Waals surface area (Å²) < 4.78 is 0. The predicted octanol–water partition coefficient (Wildman–Crippen LogP) is 6.31. The molecule has 0 saturated carbocycles. The van der Waals surface area contributed by atoms with Gasteiger partial charge in [-0.25, -0.2) is 0 Å². The zero-order valence-electron chi connectivity index (χ0n) is 24.6. The first-order chi connectivity index (χ1) is 18.6. The summed E-state index contributed by atoms with van der Waals surface area (Å²) in [5, 5.41) is 2.63. The maximum Gasteiger partial charge on any atom is 0.0682 e. The number of hydrogen-bond donors (Lipinski definition) is 0. The number of allylic oxidation sites excluding steroid dienone is 2. The van der Waals surface area contributed by atoms with Crippen molar-refractivity contribution in [2.24, 2.45) is 4.99 Å². The standard InChI is InChI=1S/C36H41N3/c1-23-19-26-24(20-32-34(2,3)28-14-8-10-16-30(28)38(32)6)21-36(22-27(26)33-25(23)13-12-18-37-33)35(4,5)29-15-9-11-17-31(29)39(36)7/h8-11,13-17,19-20,24H,12,18,21-22H2,1-7H3/b32-20+. The monoisotopic (exact) mass is 515 g/mol. The zero-order chi connectivity index (χ0) is 27.3. The molecule has 2 unspecified atom stereocenters. The van der Waals surface area contributed by atoms with Crippen LogP contribution in [-0.2, 0) is 17.3 Å². The summed E-state index contributed by atoms with van der Waals surface area (Å²) in [5.74, 6) is 0.303. The van der Waals surface area contributed by atoms with E-state index in [1.54, 1.807) is 0 Å². The van der Waals surface area contributed by atoms with Gasteiger partial charge in [0.25, 0.3) is 0 Å². The van der Waals surface area contributed by atoms with E-state index in [0.717, 1.165) is 25.8 Å². The largest absolute Gasteiger partial charge is 0.367 e. The SMILES string of the molecule is Cc1cc2c(c3c1=CCCN=3)CC1(CC2/C=C2/N(C)c3ccccc3C2(C)C)N(C)c2ccccc2C1(C)C. The van der Waals surface area contributed by atoms with E-state index < -0.39 is 0 Å². The molecular weight excluding hydrogens is 474 g/mol. The Morgan fingerprint density at radius 1 is 0.923 bits per heavy atom. The van der Waals surface area contributed by atoms with Crippen LogP contribution in [0.1, 0.15) is 74.3 Å². The lowest BCUT2D eigenvalue weighted by Gasteiger charge is -2.52. The lowest BCUT2D eigenvalue weighted by atomic mass is 9.59. The fourth-order valence-corrected chi connectivity index (χ4v) is 8.63. The number of nitrogens with zero attached hydrogens (tertiary/aromatic N) is 3. The molecule has 3 heterocycles. The normalized spacial score (nSPS) is 26.5. The number of hydrogen-bond acceptors (Lipinski definition) is 3. The van der Waals surface area contributed by atoms with E-state index in [0.29, 0.717) is 5.92 Å². The third-order valence-electron chi connectivity index (χ3n) is 10.9. The summed E-state index contributed by atoms with van der Waals surface area (Å²) in [5.41, 5.74) is 11.3. The topological polar surface area (TPSA) is 18.8 Å². The van der Waals surface area contributed by atoms with Gasteiger partial charge in [-0.2, -0.15) is 0 Å². The second-order valence-corrected chi connectivity index (χ2v) is 13.4. The lowest BCUT2D eigenvalue weighted by molar-refractivity contribution is 0.227. The number of fused-ring (bicyclic) bond motifs is 5. The van der Waals surface area contributed by atoms with Crippen LogP contribution < -0.4 is 20.4 Å². The third-order valence-corrected chi connectivity index (χ3v) is 10.9. The van der Waals surface area contributed by atoms with Crippen molar-refractivity contribution in [3.8, 4) is 0 Å². The van der Waals surface area contributed by atoms with Crippen molar-refractivity contribution < 1.29 is 0 Å². The fourth-order valence-electron chi connectivity index (χ4n) is 8.63. The molecule has 4 aliphatic rings. The van der Waals surface area contributed by atoms with Gasteiger partial charge in [0.15, 0.2) is 0 Å². The highest BCUT2D eigenvalue weighted by Crippen LogP contribution is 2.58. The molecule has 1 aliphatic carbocycles. The average molecular weight is 516 g/mol. The Kier molecular flexibility index (Phi) is 5.13. The molecule has 0 saturated heterocycles. The first kappa shape index (κ1) is 24.7. The Bertz CT molecular complexity index is 1670. The lowest BCUT2D eigenvalue weighted by Crippen LogP contribution is -2.60.